The summed E-state index contributed by atoms with van der Waals surface area (Å²) in [6.07, 6.45) is -0.00284. The molecule has 0 radical (unpaired) electrons. The van der Waals surface area contributed by atoms with Gasteiger partial charge in [-0.1, -0.05) is 51.3 Å². The molecule has 0 heterocycles. The van der Waals surface area contributed by atoms with Crippen molar-refractivity contribution in [2.45, 2.75) is 49.5 Å². The summed E-state index contributed by atoms with van der Waals surface area (Å²) < 4.78 is 110. The third kappa shape index (κ3) is 5.19. The molecule has 3 rings (SSSR count). The molecule has 0 unspecified atom stereocenters. The molecule has 1 nitrogen and oxygen atoms in total. The normalized spacial score (nSPS) is 22.8. The summed E-state index contributed by atoms with van der Waals surface area (Å²) in [7, 11) is -10.3. The maximum absolute atomic E-state index is 14.4. The van der Waals surface area contributed by atoms with Crippen molar-refractivity contribution in [2.75, 3.05) is 0 Å². The second kappa shape index (κ2) is 6.77. The van der Waals surface area contributed by atoms with Crippen molar-refractivity contribution in [2.24, 2.45) is 5.92 Å². The molecule has 30 heavy (non-hydrogen) atoms. The van der Waals surface area contributed by atoms with E-state index >= 15 is 0 Å². The maximum atomic E-state index is 14.4. The van der Waals surface area contributed by atoms with Gasteiger partial charge in [-0.2, -0.15) is 8.78 Å². The third-order valence-corrected chi connectivity index (χ3v) is 6.46. The number of hydrogen-bond acceptors (Lipinski definition) is 1. The fourth-order valence-corrected chi connectivity index (χ4v) is 4.36. The second-order valence-electron chi connectivity index (χ2n) is 7.76. The smallest absolute Gasteiger partial charge is 0.426 e. The second-order valence-corrected chi connectivity index (χ2v) is 10.1. The zero-order valence-corrected chi connectivity index (χ0v) is 16.7. The minimum Gasteiger partial charge on any atom is -0.429 e. The van der Waals surface area contributed by atoms with E-state index in [2.05, 4.69) is 11.7 Å². The van der Waals surface area contributed by atoms with Gasteiger partial charge in [-0.25, -0.2) is 4.39 Å². The number of halogens is 8. The summed E-state index contributed by atoms with van der Waals surface area (Å²) in [5.41, 5.74) is 0.306. The summed E-state index contributed by atoms with van der Waals surface area (Å²) >= 11 is 0. The number of hydrogen-bond donors (Lipinski definition) is 0. The zero-order chi connectivity index (χ0) is 22.4. The summed E-state index contributed by atoms with van der Waals surface area (Å²) in [4.78, 5) is -2.78. The highest BCUT2D eigenvalue weighted by Gasteiger charge is 2.67. The van der Waals surface area contributed by atoms with Crippen LogP contribution in [0.4, 0.5) is 32.6 Å². The zero-order valence-electron chi connectivity index (χ0n) is 15.9. The van der Waals surface area contributed by atoms with Gasteiger partial charge in [-0.15, -0.1) is 0 Å². The van der Waals surface area contributed by atoms with Crippen LogP contribution in [0.1, 0.15) is 49.7 Å². The molecule has 0 amide bonds. The Hall–Kier alpha value is -1.97. The molecule has 0 aliphatic heterocycles. The van der Waals surface area contributed by atoms with Gasteiger partial charge < -0.3 is 4.74 Å². The SMILES string of the molecule is CC1CCC(c2ccc(C(F)(F)Oc3ccc(S(F)(F)(F)(F)F)c(F)c3)cc2)CC1. The molecule has 2 aromatic rings. The molecule has 0 saturated heterocycles. The minimum atomic E-state index is -10.3. The molecule has 1 saturated carbocycles. The number of benzene rings is 2. The molecule has 10 heteroatoms. The van der Waals surface area contributed by atoms with Crippen LogP contribution in [0.15, 0.2) is 47.4 Å². The van der Waals surface area contributed by atoms with E-state index < -0.39 is 38.4 Å². The number of ether oxygens (including phenoxy) is 1. The van der Waals surface area contributed by atoms with Gasteiger partial charge in [-0.05, 0) is 54.5 Å². The van der Waals surface area contributed by atoms with Crippen molar-refractivity contribution >= 4 is 10.2 Å². The molecule has 0 N–H and O–H groups in total. The third-order valence-electron chi connectivity index (χ3n) is 5.30. The lowest BCUT2D eigenvalue weighted by Gasteiger charge is -2.40. The van der Waals surface area contributed by atoms with Crippen LogP contribution in [0, 0.1) is 11.7 Å². The topological polar surface area (TPSA) is 9.23 Å². The molecule has 1 fully saturated rings. The number of rotatable bonds is 5. The lowest BCUT2D eigenvalue weighted by Crippen LogP contribution is -2.22. The summed E-state index contributed by atoms with van der Waals surface area (Å²) in [6, 6.07) is 5.14. The van der Waals surface area contributed by atoms with Crippen molar-refractivity contribution in [1.82, 2.24) is 0 Å². The molecular formula is C20H20F8OS. The van der Waals surface area contributed by atoms with Crippen molar-refractivity contribution in [3.63, 3.8) is 0 Å². The Morgan fingerprint density at radius 3 is 1.93 bits per heavy atom. The van der Waals surface area contributed by atoms with Crippen LogP contribution in [-0.4, -0.2) is 0 Å². The minimum absolute atomic E-state index is 0.126. The summed E-state index contributed by atoms with van der Waals surface area (Å²) in [5.74, 6) is -2.50. The molecule has 0 bridgehead atoms. The monoisotopic (exact) mass is 460 g/mol. The molecule has 0 aromatic heterocycles. The van der Waals surface area contributed by atoms with Crippen LogP contribution in [0.2, 0.25) is 0 Å². The quantitative estimate of drug-likeness (QED) is 0.405. The van der Waals surface area contributed by atoms with Gasteiger partial charge in [-0.3, -0.25) is 0 Å². The summed E-state index contributed by atoms with van der Waals surface area (Å²) in [6.45, 7) is 2.16. The predicted octanol–water partition coefficient (Wildman–Crippen LogP) is 8.91. The van der Waals surface area contributed by atoms with E-state index in [1.165, 1.54) is 12.1 Å². The van der Waals surface area contributed by atoms with Gasteiger partial charge in [0.05, 0.1) is 5.56 Å². The lowest BCUT2D eigenvalue weighted by atomic mass is 9.79. The first kappa shape index (κ1) is 22.7. The first-order valence-corrected chi connectivity index (χ1v) is 11.2. The number of alkyl halides is 2. The maximum Gasteiger partial charge on any atom is 0.426 e. The van der Waals surface area contributed by atoms with Gasteiger partial charge in [0.1, 0.15) is 16.5 Å². The van der Waals surface area contributed by atoms with Crippen molar-refractivity contribution in [1.29, 1.82) is 0 Å². The van der Waals surface area contributed by atoms with Crippen LogP contribution in [0.25, 0.3) is 0 Å². The molecule has 1 aliphatic carbocycles. The van der Waals surface area contributed by atoms with E-state index in [1.54, 1.807) is 0 Å². The van der Waals surface area contributed by atoms with Crippen LogP contribution in [0.3, 0.4) is 0 Å². The van der Waals surface area contributed by atoms with E-state index in [0.29, 0.717) is 5.92 Å². The molecule has 2 aromatic carbocycles. The van der Waals surface area contributed by atoms with Gasteiger partial charge in [0.15, 0.2) is 0 Å². The van der Waals surface area contributed by atoms with Gasteiger partial charge in [0, 0.05) is 6.07 Å². The first-order valence-electron chi connectivity index (χ1n) is 9.26. The predicted molar refractivity (Wildman–Crippen MR) is 99.1 cm³/mol. The average molecular weight is 460 g/mol. The fraction of sp³-hybridized carbons (Fsp3) is 0.400. The Kier molecular flexibility index (Phi) is 5.12. The average Bonchev–Trinajstić information content (AvgIpc) is 2.60. The van der Waals surface area contributed by atoms with Crippen LogP contribution < -0.4 is 4.74 Å². The molecule has 0 spiro atoms. The lowest BCUT2D eigenvalue weighted by molar-refractivity contribution is -0.185. The fourth-order valence-electron chi connectivity index (χ4n) is 3.61. The Labute approximate surface area is 168 Å². The van der Waals surface area contributed by atoms with Crippen molar-refractivity contribution in [3.05, 3.63) is 59.4 Å². The molecule has 0 atom stereocenters. The molecule has 168 valence electrons. The van der Waals surface area contributed by atoms with E-state index in [9.17, 15) is 32.6 Å². The Bertz CT molecular complexity index is 917. The molecular weight excluding hydrogens is 440 g/mol. The highest BCUT2D eigenvalue weighted by Crippen LogP contribution is 3.02. The Morgan fingerprint density at radius 1 is 0.867 bits per heavy atom. The van der Waals surface area contributed by atoms with Gasteiger partial charge in [0.2, 0.25) is 0 Å². The van der Waals surface area contributed by atoms with Crippen LogP contribution in [0.5, 0.6) is 5.75 Å². The Balaban J connectivity index is 1.77. The first-order chi connectivity index (χ1) is 13.5. The van der Waals surface area contributed by atoms with Gasteiger partial charge in [0.25, 0.3) is 0 Å². The highest BCUT2D eigenvalue weighted by atomic mass is 32.5. The van der Waals surface area contributed by atoms with Gasteiger partial charge >= 0.3 is 16.3 Å². The van der Waals surface area contributed by atoms with E-state index in [-0.39, 0.29) is 24.1 Å². The molecule has 1 aliphatic rings. The standard InChI is InChI=1S/C20H20F8OS/c1-13-2-4-14(5-3-13)15-6-8-16(9-7-15)20(22,23)29-17-10-11-19(18(21)12-17)30(24,25,26,27)28/h6-14H,2-5H2,1H3. The van der Waals surface area contributed by atoms with Crippen molar-refractivity contribution in [3.8, 4) is 5.75 Å². The van der Waals surface area contributed by atoms with Crippen LogP contribution >= 0.6 is 10.2 Å². The Morgan fingerprint density at radius 2 is 1.43 bits per heavy atom. The summed E-state index contributed by atoms with van der Waals surface area (Å²) in [5, 5.41) is 0. The van der Waals surface area contributed by atoms with E-state index in [4.69, 9.17) is 0 Å². The largest absolute Gasteiger partial charge is 0.429 e. The van der Waals surface area contributed by atoms with E-state index in [1.807, 2.05) is 0 Å². The van der Waals surface area contributed by atoms with Crippen molar-refractivity contribution < 1.29 is 37.3 Å². The highest BCUT2D eigenvalue weighted by molar-refractivity contribution is 8.45. The van der Waals surface area contributed by atoms with Crippen LogP contribution in [-0.2, 0) is 6.11 Å². The van der Waals surface area contributed by atoms with E-state index in [0.717, 1.165) is 43.4 Å².